The SMILES string of the molecule is C=C1c2cc(C)cc(CN=C(N)/C(C=O)=C\C=C/C)c2N=C(N2Cc3ccccc3C2)N1C.CC.CC.CO. The maximum atomic E-state index is 11.4. The lowest BCUT2D eigenvalue weighted by Gasteiger charge is -2.34. The number of amidine groups is 1. The Hall–Kier alpha value is -3.97. The maximum absolute atomic E-state index is 11.4. The number of rotatable bonds is 5. The van der Waals surface area contributed by atoms with Gasteiger partial charge in [0, 0.05) is 44.1 Å². The lowest BCUT2D eigenvalue weighted by Crippen LogP contribution is -2.40. The number of aliphatic hydroxyl groups is 1. The number of hydrogen-bond acceptors (Lipinski definition) is 6. The second kappa shape index (κ2) is 16.8. The number of fused-ring (bicyclic) bond motifs is 2. The van der Waals surface area contributed by atoms with E-state index in [-0.39, 0.29) is 5.84 Å². The molecule has 0 aliphatic carbocycles. The van der Waals surface area contributed by atoms with E-state index in [9.17, 15) is 4.79 Å². The van der Waals surface area contributed by atoms with Crippen LogP contribution in [0.3, 0.4) is 0 Å². The zero-order valence-corrected chi connectivity index (χ0v) is 24.8. The van der Waals surface area contributed by atoms with Crippen molar-refractivity contribution in [3.8, 4) is 0 Å². The number of aryl methyl sites for hydroxylation is 1. The number of aliphatic imine (C=N–C) groups is 2. The van der Waals surface area contributed by atoms with Crippen LogP contribution in [0.25, 0.3) is 5.70 Å². The number of allylic oxidation sites excluding steroid dienone is 3. The van der Waals surface area contributed by atoms with Gasteiger partial charge < -0.3 is 20.6 Å². The highest BCUT2D eigenvalue weighted by molar-refractivity contribution is 6.13. The first-order valence-electron chi connectivity index (χ1n) is 13.4. The first-order valence-corrected chi connectivity index (χ1v) is 13.4. The molecule has 2 aliphatic rings. The molecule has 3 N–H and O–H groups in total. The lowest BCUT2D eigenvalue weighted by molar-refractivity contribution is -0.104. The predicted octanol–water partition coefficient (Wildman–Crippen LogP) is 6.13. The Morgan fingerprint density at radius 2 is 1.72 bits per heavy atom. The van der Waals surface area contributed by atoms with Crippen LogP contribution < -0.4 is 5.73 Å². The molecule has 2 aromatic carbocycles. The van der Waals surface area contributed by atoms with Gasteiger partial charge in [-0.15, -0.1) is 0 Å². The van der Waals surface area contributed by atoms with E-state index in [1.807, 2.05) is 54.7 Å². The van der Waals surface area contributed by atoms with Gasteiger partial charge in [0.15, 0.2) is 6.29 Å². The molecule has 7 heteroatoms. The smallest absolute Gasteiger partial charge is 0.206 e. The summed E-state index contributed by atoms with van der Waals surface area (Å²) in [5.41, 5.74) is 13.9. The molecule has 0 atom stereocenters. The highest BCUT2D eigenvalue weighted by Crippen LogP contribution is 2.38. The molecule has 39 heavy (non-hydrogen) atoms. The molecule has 2 heterocycles. The van der Waals surface area contributed by atoms with Crippen molar-refractivity contribution in [1.82, 2.24) is 9.80 Å². The quantitative estimate of drug-likeness (QED) is 0.159. The van der Waals surface area contributed by atoms with Crippen LogP contribution in [0.15, 0.2) is 76.8 Å². The summed E-state index contributed by atoms with van der Waals surface area (Å²) in [5, 5.41) is 7.00. The minimum atomic E-state index is 0.212. The Labute approximate surface area is 234 Å². The molecule has 4 rings (SSSR count). The molecule has 0 bridgehead atoms. The summed E-state index contributed by atoms with van der Waals surface area (Å²) in [7, 11) is 3.01. The third-order valence-corrected chi connectivity index (χ3v) is 6.00. The number of guanidine groups is 1. The number of hydrogen-bond donors (Lipinski definition) is 2. The van der Waals surface area contributed by atoms with Crippen molar-refractivity contribution in [2.45, 2.75) is 61.2 Å². The molecular formula is C32H45N5O2. The summed E-state index contributed by atoms with van der Waals surface area (Å²) in [5.74, 6) is 1.08. The second-order valence-corrected chi connectivity index (χ2v) is 8.33. The first kappa shape index (κ1) is 33.1. The van der Waals surface area contributed by atoms with E-state index in [2.05, 4.69) is 57.8 Å². The third kappa shape index (κ3) is 8.01. The van der Waals surface area contributed by atoms with Gasteiger partial charge in [0.25, 0.3) is 0 Å². The number of carbonyl (C=O) groups is 1. The molecule has 0 fully saturated rings. The van der Waals surface area contributed by atoms with E-state index in [1.165, 1.54) is 11.1 Å². The van der Waals surface area contributed by atoms with Crippen LogP contribution in [0, 0.1) is 6.92 Å². The molecule has 0 spiro atoms. The van der Waals surface area contributed by atoms with E-state index >= 15 is 0 Å². The number of carbonyl (C=O) groups excluding carboxylic acids is 1. The van der Waals surface area contributed by atoms with Crippen molar-refractivity contribution in [3.63, 3.8) is 0 Å². The Kier molecular flexibility index (Phi) is 14.2. The normalized spacial score (nSPS) is 14.2. The van der Waals surface area contributed by atoms with Gasteiger partial charge in [0.05, 0.1) is 17.8 Å². The van der Waals surface area contributed by atoms with Gasteiger partial charge in [-0.25, -0.2) is 4.99 Å². The van der Waals surface area contributed by atoms with Gasteiger partial charge in [0.2, 0.25) is 5.96 Å². The van der Waals surface area contributed by atoms with E-state index < -0.39 is 0 Å². The van der Waals surface area contributed by atoms with Crippen LogP contribution in [0.1, 0.15) is 62.4 Å². The van der Waals surface area contributed by atoms with Crippen LogP contribution in [0.2, 0.25) is 0 Å². The van der Waals surface area contributed by atoms with Crippen LogP contribution in [0.4, 0.5) is 5.69 Å². The van der Waals surface area contributed by atoms with Crippen molar-refractivity contribution in [1.29, 1.82) is 0 Å². The fourth-order valence-electron chi connectivity index (χ4n) is 4.21. The van der Waals surface area contributed by atoms with Crippen LogP contribution in [0.5, 0.6) is 0 Å². The van der Waals surface area contributed by atoms with E-state index in [1.54, 1.807) is 12.2 Å². The molecule has 0 saturated heterocycles. The van der Waals surface area contributed by atoms with Gasteiger partial charge in [-0.05, 0) is 42.7 Å². The van der Waals surface area contributed by atoms with E-state index in [4.69, 9.17) is 15.8 Å². The Balaban J connectivity index is 0.00000119. The van der Waals surface area contributed by atoms with Gasteiger partial charge >= 0.3 is 0 Å². The van der Waals surface area contributed by atoms with Crippen molar-refractivity contribution >= 4 is 29.5 Å². The topological polar surface area (TPSA) is 94.5 Å². The van der Waals surface area contributed by atoms with Gasteiger partial charge in [0.1, 0.15) is 5.84 Å². The molecule has 210 valence electrons. The van der Waals surface area contributed by atoms with Crippen molar-refractivity contribution in [2.24, 2.45) is 15.7 Å². The summed E-state index contributed by atoms with van der Waals surface area (Å²) >= 11 is 0. The summed E-state index contributed by atoms with van der Waals surface area (Å²) in [6.07, 6.45) is 5.99. The van der Waals surface area contributed by atoms with Crippen LogP contribution in [-0.2, 0) is 24.4 Å². The largest absolute Gasteiger partial charge is 0.400 e. The number of benzene rings is 2. The standard InChI is InChI=1S/C27H29N5O.2C2H6.CH4O/c1-5-6-9-22(17-33)26(28)29-14-23-12-18(2)13-24-19(3)31(4)27(30-25(23)24)32-15-20-10-7-8-11-21(20)16-32;3*1-2/h5-13,17H,3,14-16H2,1-2,4H3,(H2,28,29);2*1-2H3;2H,1H3/b6-5-,22-9-;;;. The van der Waals surface area contributed by atoms with E-state index in [0.29, 0.717) is 12.1 Å². The van der Waals surface area contributed by atoms with Gasteiger partial charge in [-0.3, -0.25) is 9.79 Å². The van der Waals surface area contributed by atoms with E-state index in [0.717, 1.165) is 60.5 Å². The van der Waals surface area contributed by atoms with Crippen LogP contribution >= 0.6 is 0 Å². The van der Waals surface area contributed by atoms with Crippen LogP contribution in [-0.4, -0.2) is 47.1 Å². The zero-order valence-electron chi connectivity index (χ0n) is 24.8. The summed E-state index contributed by atoms with van der Waals surface area (Å²) < 4.78 is 0. The fraction of sp³-hybridized carbons (Fsp3) is 0.344. The molecule has 0 unspecified atom stereocenters. The molecule has 2 aliphatic heterocycles. The van der Waals surface area contributed by atoms with Crippen molar-refractivity contribution in [2.75, 3.05) is 14.2 Å². The van der Waals surface area contributed by atoms with Gasteiger partial charge in [-0.1, -0.05) is 76.8 Å². The molecule has 2 aromatic rings. The minimum absolute atomic E-state index is 0.212. The lowest BCUT2D eigenvalue weighted by atomic mass is 9.99. The monoisotopic (exact) mass is 531 g/mol. The Morgan fingerprint density at radius 3 is 2.26 bits per heavy atom. The number of nitrogens with zero attached hydrogens (tertiary/aromatic N) is 4. The summed E-state index contributed by atoms with van der Waals surface area (Å²) in [6.45, 7) is 18.2. The number of aliphatic hydroxyl groups excluding tert-OH is 1. The van der Waals surface area contributed by atoms with Crippen molar-refractivity contribution < 1.29 is 9.90 Å². The molecule has 0 amide bonds. The number of nitrogens with two attached hydrogens (primary N) is 1. The zero-order chi connectivity index (χ0) is 29.5. The molecule has 0 saturated carbocycles. The predicted molar refractivity (Wildman–Crippen MR) is 166 cm³/mol. The second-order valence-electron chi connectivity index (χ2n) is 8.33. The minimum Gasteiger partial charge on any atom is -0.400 e. The third-order valence-electron chi connectivity index (χ3n) is 6.00. The molecular weight excluding hydrogens is 486 g/mol. The average Bonchev–Trinajstić information content (AvgIpc) is 3.41. The highest BCUT2D eigenvalue weighted by Gasteiger charge is 2.30. The Bertz CT molecular complexity index is 1220. The Morgan fingerprint density at radius 1 is 1.13 bits per heavy atom. The summed E-state index contributed by atoms with van der Waals surface area (Å²) in [4.78, 5) is 25.3. The molecule has 0 radical (unpaired) electrons. The number of aldehydes is 1. The highest BCUT2D eigenvalue weighted by atomic mass is 16.2. The summed E-state index contributed by atoms with van der Waals surface area (Å²) in [6, 6.07) is 12.7. The molecule has 0 aromatic heterocycles. The average molecular weight is 532 g/mol. The van der Waals surface area contributed by atoms with Crippen molar-refractivity contribution in [3.05, 3.63) is 94.6 Å². The van der Waals surface area contributed by atoms with Gasteiger partial charge in [-0.2, -0.15) is 0 Å². The molecule has 7 nitrogen and oxygen atoms in total. The maximum Gasteiger partial charge on any atom is 0.206 e. The fourth-order valence-corrected chi connectivity index (χ4v) is 4.21. The first-order chi connectivity index (χ1) is 18.9.